The number of nitrogens with zero attached hydrogens (tertiary/aromatic N) is 3. The Morgan fingerprint density at radius 1 is 1.03 bits per heavy atom. The summed E-state index contributed by atoms with van der Waals surface area (Å²) in [6.07, 6.45) is 0. The van der Waals surface area contributed by atoms with Crippen LogP contribution in [0.4, 0.5) is 11.4 Å². The SMILES string of the molecule is CC(=O)Nc1cccc(-n2c(C)nnc2SCC(=O)Nc2ccc3c(c2)OCCO3)c1. The Morgan fingerprint density at radius 3 is 2.61 bits per heavy atom. The lowest BCUT2D eigenvalue weighted by Crippen LogP contribution is -2.17. The normalized spacial score (nSPS) is 12.3. The number of hydrogen-bond acceptors (Lipinski definition) is 7. The van der Waals surface area contributed by atoms with Gasteiger partial charge >= 0.3 is 0 Å². The summed E-state index contributed by atoms with van der Waals surface area (Å²) in [4.78, 5) is 23.8. The van der Waals surface area contributed by atoms with Crippen LogP contribution in [-0.4, -0.2) is 45.5 Å². The molecule has 0 saturated heterocycles. The van der Waals surface area contributed by atoms with E-state index in [1.807, 2.05) is 29.7 Å². The van der Waals surface area contributed by atoms with E-state index >= 15 is 0 Å². The van der Waals surface area contributed by atoms with Gasteiger partial charge in [-0.05, 0) is 37.3 Å². The zero-order chi connectivity index (χ0) is 21.8. The molecule has 0 unspecified atom stereocenters. The van der Waals surface area contributed by atoms with Gasteiger partial charge in [0, 0.05) is 24.4 Å². The van der Waals surface area contributed by atoms with E-state index in [9.17, 15) is 9.59 Å². The number of thioether (sulfide) groups is 1. The Labute approximate surface area is 183 Å². The standard InChI is InChI=1S/C21H21N5O4S/c1-13-24-25-21(26(13)17-5-3-4-15(10-17)22-14(2)27)31-12-20(28)23-16-6-7-18-19(11-16)30-9-8-29-18/h3-7,10-11H,8-9,12H2,1-2H3,(H,22,27)(H,23,28). The number of carbonyl (C=O) groups is 2. The second kappa shape index (κ2) is 9.09. The highest BCUT2D eigenvalue weighted by molar-refractivity contribution is 7.99. The first kappa shape index (κ1) is 20.7. The Balaban J connectivity index is 1.44. The van der Waals surface area contributed by atoms with Crippen LogP contribution >= 0.6 is 11.8 Å². The van der Waals surface area contributed by atoms with Crippen molar-refractivity contribution in [2.75, 3.05) is 29.6 Å². The third kappa shape index (κ3) is 4.97. The third-order valence-corrected chi connectivity index (χ3v) is 5.31. The van der Waals surface area contributed by atoms with Crippen molar-refractivity contribution in [2.24, 2.45) is 0 Å². The van der Waals surface area contributed by atoms with Gasteiger partial charge in [0.15, 0.2) is 16.7 Å². The molecule has 2 amide bonds. The average molecular weight is 439 g/mol. The Bertz CT molecular complexity index is 1130. The minimum Gasteiger partial charge on any atom is -0.486 e. The van der Waals surface area contributed by atoms with Crippen molar-refractivity contribution in [3.05, 3.63) is 48.3 Å². The second-order valence-corrected chi connectivity index (χ2v) is 7.73. The molecular weight excluding hydrogens is 418 g/mol. The zero-order valence-corrected chi connectivity index (χ0v) is 17.9. The molecule has 0 atom stereocenters. The minimum atomic E-state index is -0.180. The van der Waals surface area contributed by atoms with E-state index in [2.05, 4.69) is 20.8 Å². The van der Waals surface area contributed by atoms with Gasteiger partial charge in [0.1, 0.15) is 19.0 Å². The Kier molecular flexibility index (Phi) is 6.08. The summed E-state index contributed by atoms with van der Waals surface area (Å²) in [6, 6.07) is 12.7. The average Bonchev–Trinajstić information content (AvgIpc) is 3.12. The summed E-state index contributed by atoms with van der Waals surface area (Å²) in [6.45, 7) is 4.29. The van der Waals surface area contributed by atoms with E-state index in [-0.39, 0.29) is 17.6 Å². The number of aromatic nitrogens is 3. The predicted octanol–water partition coefficient (Wildman–Crippen LogP) is 3.04. The maximum absolute atomic E-state index is 12.5. The first-order valence-electron chi connectivity index (χ1n) is 9.62. The summed E-state index contributed by atoms with van der Waals surface area (Å²) >= 11 is 1.27. The van der Waals surface area contributed by atoms with Crippen LogP contribution in [0.1, 0.15) is 12.7 Å². The summed E-state index contributed by atoms with van der Waals surface area (Å²) in [5, 5.41) is 14.5. The minimum absolute atomic E-state index is 0.150. The van der Waals surface area contributed by atoms with E-state index in [4.69, 9.17) is 9.47 Å². The molecular formula is C21H21N5O4S. The highest BCUT2D eigenvalue weighted by Crippen LogP contribution is 2.32. The predicted molar refractivity (Wildman–Crippen MR) is 117 cm³/mol. The van der Waals surface area contributed by atoms with Crippen molar-refractivity contribution in [3.8, 4) is 17.2 Å². The number of nitrogens with one attached hydrogen (secondary N) is 2. The largest absolute Gasteiger partial charge is 0.486 e. The monoisotopic (exact) mass is 439 g/mol. The molecule has 10 heteroatoms. The van der Waals surface area contributed by atoms with Crippen LogP contribution in [0.5, 0.6) is 11.5 Å². The quantitative estimate of drug-likeness (QED) is 0.569. The molecule has 0 spiro atoms. The van der Waals surface area contributed by atoms with E-state index < -0.39 is 0 Å². The fourth-order valence-corrected chi connectivity index (χ4v) is 3.91. The van der Waals surface area contributed by atoms with Gasteiger partial charge in [0.2, 0.25) is 11.8 Å². The van der Waals surface area contributed by atoms with Crippen LogP contribution in [-0.2, 0) is 9.59 Å². The van der Waals surface area contributed by atoms with Crippen LogP contribution in [0.2, 0.25) is 0 Å². The number of carbonyl (C=O) groups excluding carboxylic acids is 2. The maximum atomic E-state index is 12.5. The number of anilines is 2. The van der Waals surface area contributed by atoms with Gasteiger partial charge in [0.05, 0.1) is 11.4 Å². The lowest BCUT2D eigenvalue weighted by Gasteiger charge is -2.19. The van der Waals surface area contributed by atoms with Crippen LogP contribution in [0, 0.1) is 6.92 Å². The fraction of sp³-hybridized carbons (Fsp3) is 0.238. The molecule has 2 N–H and O–H groups in total. The van der Waals surface area contributed by atoms with E-state index in [1.54, 1.807) is 24.3 Å². The van der Waals surface area contributed by atoms with E-state index in [0.29, 0.717) is 47.1 Å². The Hall–Kier alpha value is -3.53. The van der Waals surface area contributed by atoms with Gasteiger partial charge in [-0.3, -0.25) is 14.2 Å². The van der Waals surface area contributed by atoms with Gasteiger partial charge in [-0.1, -0.05) is 17.8 Å². The first-order chi connectivity index (χ1) is 15.0. The van der Waals surface area contributed by atoms with Gasteiger partial charge in [-0.2, -0.15) is 0 Å². The molecule has 3 aromatic rings. The number of rotatable bonds is 6. The molecule has 0 aliphatic carbocycles. The van der Waals surface area contributed by atoms with Crippen molar-refractivity contribution in [3.63, 3.8) is 0 Å². The van der Waals surface area contributed by atoms with Crippen LogP contribution in [0.15, 0.2) is 47.6 Å². The van der Waals surface area contributed by atoms with Crippen LogP contribution < -0.4 is 20.1 Å². The summed E-state index contributed by atoms with van der Waals surface area (Å²) in [5.74, 6) is 1.78. The maximum Gasteiger partial charge on any atom is 0.234 e. The first-order valence-corrected chi connectivity index (χ1v) is 10.6. The van der Waals surface area contributed by atoms with Crippen molar-refractivity contribution >= 4 is 35.0 Å². The van der Waals surface area contributed by atoms with Crippen molar-refractivity contribution in [1.82, 2.24) is 14.8 Å². The molecule has 31 heavy (non-hydrogen) atoms. The molecule has 2 heterocycles. The lowest BCUT2D eigenvalue weighted by molar-refractivity contribution is -0.114. The highest BCUT2D eigenvalue weighted by atomic mass is 32.2. The third-order valence-electron chi connectivity index (χ3n) is 4.38. The summed E-state index contributed by atoms with van der Waals surface area (Å²) in [7, 11) is 0. The van der Waals surface area contributed by atoms with Crippen molar-refractivity contribution in [1.29, 1.82) is 0 Å². The highest BCUT2D eigenvalue weighted by Gasteiger charge is 2.16. The van der Waals surface area contributed by atoms with Crippen LogP contribution in [0.25, 0.3) is 5.69 Å². The van der Waals surface area contributed by atoms with E-state index in [1.165, 1.54) is 18.7 Å². The number of ether oxygens (including phenoxy) is 2. The summed E-state index contributed by atoms with van der Waals surface area (Å²) < 4.78 is 12.9. The fourth-order valence-electron chi connectivity index (χ4n) is 3.11. The molecule has 1 aliphatic heterocycles. The van der Waals surface area contributed by atoms with Gasteiger partial charge < -0.3 is 20.1 Å². The van der Waals surface area contributed by atoms with Crippen molar-refractivity contribution < 1.29 is 19.1 Å². The number of hydrogen-bond donors (Lipinski definition) is 2. The van der Waals surface area contributed by atoms with E-state index in [0.717, 1.165) is 5.69 Å². The molecule has 0 bridgehead atoms. The Morgan fingerprint density at radius 2 is 1.81 bits per heavy atom. The van der Waals surface area contributed by atoms with Crippen molar-refractivity contribution in [2.45, 2.75) is 19.0 Å². The van der Waals surface area contributed by atoms with Gasteiger partial charge in [-0.15, -0.1) is 10.2 Å². The topological polar surface area (TPSA) is 107 Å². The zero-order valence-electron chi connectivity index (χ0n) is 17.0. The number of aryl methyl sites for hydroxylation is 1. The van der Waals surface area contributed by atoms with Crippen LogP contribution in [0.3, 0.4) is 0 Å². The molecule has 0 saturated carbocycles. The number of fused-ring (bicyclic) bond motifs is 1. The van der Waals surface area contributed by atoms with Gasteiger partial charge in [0.25, 0.3) is 0 Å². The molecule has 0 fully saturated rings. The second-order valence-electron chi connectivity index (χ2n) is 6.79. The molecule has 160 valence electrons. The summed E-state index contributed by atoms with van der Waals surface area (Å²) in [5.41, 5.74) is 2.10. The lowest BCUT2D eigenvalue weighted by atomic mass is 10.2. The smallest absolute Gasteiger partial charge is 0.234 e. The molecule has 0 radical (unpaired) electrons. The molecule has 4 rings (SSSR count). The number of amides is 2. The molecule has 1 aromatic heterocycles. The molecule has 1 aliphatic rings. The van der Waals surface area contributed by atoms with Gasteiger partial charge in [-0.25, -0.2) is 0 Å². The molecule has 2 aromatic carbocycles. The number of benzene rings is 2. The molecule has 9 nitrogen and oxygen atoms in total.